The second kappa shape index (κ2) is 6.38. The van der Waals surface area contributed by atoms with Gasteiger partial charge in [0, 0.05) is 12.6 Å². The third-order valence-electron chi connectivity index (χ3n) is 4.74. The summed E-state index contributed by atoms with van der Waals surface area (Å²) >= 11 is 0. The maximum absolute atomic E-state index is 3.78. The van der Waals surface area contributed by atoms with E-state index in [9.17, 15) is 0 Å². The van der Waals surface area contributed by atoms with Crippen molar-refractivity contribution in [2.24, 2.45) is 11.3 Å². The molecule has 106 valence electrons. The van der Waals surface area contributed by atoms with E-state index in [0.717, 1.165) is 12.0 Å². The van der Waals surface area contributed by atoms with Crippen molar-refractivity contribution in [3.05, 3.63) is 0 Å². The van der Waals surface area contributed by atoms with Crippen LogP contribution >= 0.6 is 0 Å². The monoisotopic (exact) mass is 252 g/mol. The van der Waals surface area contributed by atoms with Gasteiger partial charge >= 0.3 is 0 Å². The van der Waals surface area contributed by atoms with Crippen molar-refractivity contribution < 1.29 is 0 Å². The van der Waals surface area contributed by atoms with Crippen LogP contribution in [0, 0.1) is 11.3 Å². The van der Waals surface area contributed by atoms with Gasteiger partial charge in [-0.15, -0.1) is 0 Å². The van der Waals surface area contributed by atoms with Crippen LogP contribution in [0.4, 0.5) is 0 Å². The van der Waals surface area contributed by atoms with Gasteiger partial charge in [0.1, 0.15) is 0 Å². The molecule has 0 spiro atoms. The predicted octanol–water partition coefficient (Wildman–Crippen LogP) is 3.28. The van der Waals surface area contributed by atoms with E-state index in [1.165, 1.54) is 64.7 Å². The lowest BCUT2D eigenvalue weighted by atomic mass is 9.85. The average Bonchev–Trinajstić information content (AvgIpc) is 3.13. The third kappa shape index (κ3) is 4.55. The molecule has 0 bridgehead atoms. The molecular weight excluding hydrogens is 220 g/mol. The second-order valence-corrected chi connectivity index (χ2v) is 7.22. The summed E-state index contributed by atoms with van der Waals surface area (Å²) in [5.74, 6) is 0.979. The van der Waals surface area contributed by atoms with Gasteiger partial charge in [-0.3, -0.25) is 0 Å². The lowest BCUT2D eigenvalue weighted by Crippen LogP contribution is -2.43. The first-order valence-corrected chi connectivity index (χ1v) is 8.06. The van der Waals surface area contributed by atoms with Gasteiger partial charge in [-0.25, -0.2) is 0 Å². The Balaban J connectivity index is 1.79. The summed E-state index contributed by atoms with van der Waals surface area (Å²) in [6, 6.07) is 0.770. The fourth-order valence-electron chi connectivity index (χ4n) is 3.15. The molecule has 0 radical (unpaired) electrons. The zero-order valence-corrected chi connectivity index (χ0v) is 12.7. The Morgan fingerprint density at radius 1 is 1.22 bits per heavy atom. The Labute approximate surface area is 114 Å². The van der Waals surface area contributed by atoms with E-state index >= 15 is 0 Å². The van der Waals surface area contributed by atoms with Gasteiger partial charge in [-0.2, -0.15) is 0 Å². The SMILES string of the molecule is CCCNC(CN1CCCC(C)(C)CC1)C1CC1. The highest BCUT2D eigenvalue weighted by Crippen LogP contribution is 2.34. The molecule has 2 heteroatoms. The highest BCUT2D eigenvalue weighted by Gasteiger charge is 2.32. The zero-order valence-electron chi connectivity index (χ0n) is 12.7. The number of nitrogens with one attached hydrogen (secondary N) is 1. The van der Waals surface area contributed by atoms with E-state index in [0.29, 0.717) is 5.41 Å². The Morgan fingerprint density at radius 2 is 2.00 bits per heavy atom. The quantitative estimate of drug-likeness (QED) is 0.780. The number of likely N-dealkylation sites (tertiary alicyclic amines) is 1. The molecule has 0 amide bonds. The van der Waals surface area contributed by atoms with Crippen LogP contribution in [0.5, 0.6) is 0 Å². The van der Waals surface area contributed by atoms with Crippen molar-refractivity contribution in [3.63, 3.8) is 0 Å². The molecule has 1 N–H and O–H groups in total. The highest BCUT2D eigenvalue weighted by atomic mass is 15.2. The number of hydrogen-bond acceptors (Lipinski definition) is 2. The summed E-state index contributed by atoms with van der Waals surface area (Å²) in [7, 11) is 0. The van der Waals surface area contributed by atoms with Gasteiger partial charge in [0.25, 0.3) is 0 Å². The summed E-state index contributed by atoms with van der Waals surface area (Å²) in [6.07, 6.45) is 8.34. The summed E-state index contributed by atoms with van der Waals surface area (Å²) in [6.45, 7) is 12.3. The molecule has 2 fully saturated rings. The number of rotatable bonds is 6. The maximum atomic E-state index is 3.78. The Morgan fingerprint density at radius 3 is 2.67 bits per heavy atom. The standard InChI is InChI=1S/C16H32N2/c1-4-10-17-15(14-6-7-14)13-18-11-5-8-16(2,3)9-12-18/h14-15,17H,4-13H2,1-3H3. The van der Waals surface area contributed by atoms with E-state index in [4.69, 9.17) is 0 Å². The van der Waals surface area contributed by atoms with Gasteiger partial charge < -0.3 is 10.2 Å². The summed E-state index contributed by atoms with van der Waals surface area (Å²) in [4.78, 5) is 2.72. The first-order valence-electron chi connectivity index (χ1n) is 8.06. The van der Waals surface area contributed by atoms with Crippen LogP contribution in [0.25, 0.3) is 0 Å². The average molecular weight is 252 g/mol. The molecule has 0 aromatic rings. The largest absolute Gasteiger partial charge is 0.312 e. The molecule has 1 aliphatic carbocycles. The predicted molar refractivity (Wildman–Crippen MR) is 78.9 cm³/mol. The molecule has 0 aromatic heterocycles. The molecular formula is C16H32N2. The van der Waals surface area contributed by atoms with Crippen LogP contribution < -0.4 is 5.32 Å². The van der Waals surface area contributed by atoms with Gasteiger partial charge in [-0.1, -0.05) is 20.8 Å². The molecule has 1 saturated carbocycles. The zero-order chi connectivity index (χ0) is 13.0. The number of nitrogens with zero attached hydrogens (tertiary/aromatic N) is 1. The first-order chi connectivity index (χ1) is 8.61. The van der Waals surface area contributed by atoms with Crippen LogP contribution in [0.1, 0.15) is 59.3 Å². The molecule has 2 aliphatic rings. The minimum Gasteiger partial charge on any atom is -0.312 e. The van der Waals surface area contributed by atoms with E-state index in [1.807, 2.05) is 0 Å². The lowest BCUT2D eigenvalue weighted by Gasteiger charge is -2.28. The fourth-order valence-corrected chi connectivity index (χ4v) is 3.15. The molecule has 1 heterocycles. The van der Waals surface area contributed by atoms with Gasteiger partial charge in [0.2, 0.25) is 0 Å². The van der Waals surface area contributed by atoms with E-state index in [-0.39, 0.29) is 0 Å². The third-order valence-corrected chi connectivity index (χ3v) is 4.74. The molecule has 1 aliphatic heterocycles. The van der Waals surface area contributed by atoms with Crippen LogP contribution in [-0.4, -0.2) is 37.1 Å². The van der Waals surface area contributed by atoms with E-state index in [2.05, 4.69) is 31.0 Å². The van der Waals surface area contributed by atoms with Crippen LogP contribution in [0.2, 0.25) is 0 Å². The summed E-state index contributed by atoms with van der Waals surface area (Å²) in [5.41, 5.74) is 0.570. The minimum absolute atomic E-state index is 0.570. The van der Waals surface area contributed by atoms with Gasteiger partial charge in [0.05, 0.1) is 0 Å². The van der Waals surface area contributed by atoms with Crippen molar-refractivity contribution in [1.29, 1.82) is 0 Å². The summed E-state index contributed by atoms with van der Waals surface area (Å²) < 4.78 is 0. The van der Waals surface area contributed by atoms with Crippen LogP contribution in [0.3, 0.4) is 0 Å². The normalized spacial score (nSPS) is 26.8. The fraction of sp³-hybridized carbons (Fsp3) is 1.00. The Bertz CT molecular complexity index is 245. The minimum atomic E-state index is 0.570. The van der Waals surface area contributed by atoms with Crippen molar-refractivity contribution in [2.45, 2.75) is 65.3 Å². The maximum Gasteiger partial charge on any atom is 0.0223 e. The topological polar surface area (TPSA) is 15.3 Å². The van der Waals surface area contributed by atoms with Crippen molar-refractivity contribution in [1.82, 2.24) is 10.2 Å². The van der Waals surface area contributed by atoms with Gasteiger partial charge in [0.15, 0.2) is 0 Å². The summed E-state index contributed by atoms with van der Waals surface area (Å²) in [5, 5.41) is 3.78. The molecule has 18 heavy (non-hydrogen) atoms. The Hall–Kier alpha value is -0.0800. The second-order valence-electron chi connectivity index (χ2n) is 7.22. The lowest BCUT2D eigenvalue weighted by molar-refractivity contribution is 0.227. The van der Waals surface area contributed by atoms with E-state index in [1.54, 1.807) is 0 Å². The first kappa shape index (κ1) is 14.3. The van der Waals surface area contributed by atoms with Crippen LogP contribution in [-0.2, 0) is 0 Å². The Kier molecular flexibility index (Phi) is 5.08. The van der Waals surface area contributed by atoms with Crippen LogP contribution in [0.15, 0.2) is 0 Å². The molecule has 2 rings (SSSR count). The molecule has 0 aromatic carbocycles. The molecule has 1 atom stereocenters. The van der Waals surface area contributed by atoms with Crippen molar-refractivity contribution in [2.75, 3.05) is 26.2 Å². The molecule has 1 unspecified atom stereocenters. The van der Waals surface area contributed by atoms with Crippen molar-refractivity contribution >= 4 is 0 Å². The molecule has 1 saturated heterocycles. The van der Waals surface area contributed by atoms with Crippen molar-refractivity contribution in [3.8, 4) is 0 Å². The number of hydrogen-bond donors (Lipinski definition) is 1. The molecule has 2 nitrogen and oxygen atoms in total. The van der Waals surface area contributed by atoms with Gasteiger partial charge in [-0.05, 0) is 69.5 Å². The smallest absolute Gasteiger partial charge is 0.0223 e. The highest BCUT2D eigenvalue weighted by molar-refractivity contribution is 4.89. The van der Waals surface area contributed by atoms with E-state index < -0.39 is 0 Å².